The Bertz CT molecular complexity index is 494. The lowest BCUT2D eigenvalue weighted by Crippen LogP contribution is -2.45. The number of rotatable bonds is 6. The first kappa shape index (κ1) is 17.3. The van der Waals surface area contributed by atoms with Gasteiger partial charge in [-0.1, -0.05) is 0 Å². The van der Waals surface area contributed by atoms with E-state index in [1.165, 1.54) is 0 Å². The fraction of sp³-hybridized carbons (Fsp3) is 0.500. The maximum absolute atomic E-state index is 11.8. The number of amides is 2. The van der Waals surface area contributed by atoms with Gasteiger partial charge in [0.05, 0.1) is 5.70 Å². The van der Waals surface area contributed by atoms with E-state index >= 15 is 0 Å². The van der Waals surface area contributed by atoms with Crippen molar-refractivity contribution < 1.29 is 23.9 Å². The highest BCUT2D eigenvalue weighted by Gasteiger charge is 2.30. The van der Waals surface area contributed by atoms with Crippen molar-refractivity contribution in [2.24, 2.45) is 5.73 Å². The lowest BCUT2D eigenvalue weighted by atomic mass is 10.1. The van der Waals surface area contributed by atoms with E-state index in [2.05, 4.69) is 10.6 Å². The van der Waals surface area contributed by atoms with E-state index < -0.39 is 13.7 Å². The molecule has 7 N–H and O–H groups in total. The molecule has 0 aliphatic carbocycles. The fourth-order valence-electron chi connectivity index (χ4n) is 1.92. The summed E-state index contributed by atoms with van der Waals surface area (Å²) in [4.78, 5) is 40.2. The van der Waals surface area contributed by atoms with Crippen LogP contribution in [0.25, 0.3) is 0 Å². The SMILES string of the molecule is N=C/C(NC=O)=C(\N)C(=O)NC1CCN(P(=O)(O)O)CC1. The zero-order valence-corrected chi connectivity index (χ0v) is 12.0. The zero-order chi connectivity index (χ0) is 16.0. The number of hydrogen-bond donors (Lipinski definition) is 6. The van der Waals surface area contributed by atoms with Gasteiger partial charge < -0.3 is 31.6 Å². The number of carbonyl (C=O) groups is 2. The van der Waals surface area contributed by atoms with Gasteiger partial charge in [-0.05, 0) is 12.8 Å². The Balaban J connectivity index is 2.60. The highest BCUT2D eigenvalue weighted by molar-refractivity contribution is 7.49. The van der Waals surface area contributed by atoms with Gasteiger partial charge in [0.15, 0.2) is 0 Å². The van der Waals surface area contributed by atoms with Crippen LogP contribution in [-0.4, -0.2) is 52.1 Å². The summed E-state index contributed by atoms with van der Waals surface area (Å²) in [6, 6.07) is -0.276. The number of allylic oxidation sites excluding steroid dienone is 1. The van der Waals surface area contributed by atoms with E-state index in [4.69, 9.17) is 20.9 Å². The third-order valence-electron chi connectivity index (χ3n) is 3.07. The van der Waals surface area contributed by atoms with Gasteiger partial charge in [-0.15, -0.1) is 0 Å². The Hall–Kier alpha value is -1.74. The van der Waals surface area contributed by atoms with E-state index in [0.717, 1.165) is 10.9 Å². The molecule has 1 aliphatic rings. The maximum atomic E-state index is 11.8. The molecule has 0 aromatic heterocycles. The topological polar surface area (TPSA) is 169 Å². The van der Waals surface area contributed by atoms with E-state index in [1.54, 1.807) is 0 Å². The van der Waals surface area contributed by atoms with Crippen LogP contribution in [0.15, 0.2) is 11.4 Å². The summed E-state index contributed by atoms with van der Waals surface area (Å²) in [6.45, 7) is 0.311. The monoisotopic (exact) mass is 319 g/mol. The molecule has 0 radical (unpaired) electrons. The van der Waals surface area contributed by atoms with E-state index in [0.29, 0.717) is 19.3 Å². The predicted molar refractivity (Wildman–Crippen MR) is 74.0 cm³/mol. The standard InChI is InChI=1S/C10H18N5O5P/c11-5-8(13-6-16)9(12)10(17)14-7-1-3-15(4-2-7)21(18,19)20/h5-7,11H,1-4,12H2,(H,13,16)(H,14,17)(H2,18,19,20)/b9-8+,11-5?. The van der Waals surface area contributed by atoms with Gasteiger partial charge >= 0.3 is 7.75 Å². The van der Waals surface area contributed by atoms with Gasteiger partial charge in [-0.2, -0.15) is 0 Å². The van der Waals surface area contributed by atoms with Gasteiger partial charge in [0.2, 0.25) is 6.41 Å². The van der Waals surface area contributed by atoms with Crippen LogP contribution in [0.3, 0.4) is 0 Å². The molecule has 118 valence electrons. The second-order valence-electron chi connectivity index (χ2n) is 4.45. The van der Waals surface area contributed by atoms with Crippen molar-refractivity contribution in [3.63, 3.8) is 0 Å². The molecule has 0 aromatic carbocycles. The number of carbonyl (C=O) groups excluding carboxylic acids is 2. The predicted octanol–water partition coefficient (Wildman–Crippen LogP) is -1.77. The third-order valence-corrected chi connectivity index (χ3v) is 4.21. The number of piperidine rings is 1. The van der Waals surface area contributed by atoms with Crippen LogP contribution in [0.2, 0.25) is 0 Å². The Morgan fingerprint density at radius 2 is 1.95 bits per heavy atom. The average Bonchev–Trinajstić information content (AvgIpc) is 2.43. The molecule has 0 atom stereocenters. The molecule has 1 aliphatic heterocycles. The van der Waals surface area contributed by atoms with Gasteiger partial charge in [-0.3, -0.25) is 9.59 Å². The molecule has 0 unspecified atom stereocenters. The number of nitrogens with one attached hydrogen (secondary N) is 3. The minimum absolute atomic E-state index is 0.116. The minimum atomic E-state index is -4.24. The van der Waals surface area contributed by atoms with Gasteiger partial charge in [0.25, 0.3) is 5.91 Å². The second-order valence-corrected chi connectivity index (χ2v) is 6.04. The maximum Gasteiger partial charge on any atom is 0.402 e. The minimum Gasteiger partial charge on any atom is -0.393 e. The van der Waals surface area contributed by atoms with Crippen molar-refractivity contribution in [2.75, 3.05) is 13.1 Å². The number of hydrogen-bond acceptors (Lipinski definition) is 5. The van der Waals surface area contributed by atoms with Crippen LogP contribution in [-0.2, 0) is 14.2 Å². The largest absolute Gasteiger partial charge is 0.402 e. The number of nitrogens with zero attached hydrogens (tertiary/aromatic N) is 1. The first-order valence-electron chi connectivity index (χ1n) is 6.11. The Morgan fingerprint density at radius 1 is 1.38 bits per heavy atom. The molecular weight excluding hydrogens is 301 g/mol. The van der Waals surface area contributed by atoms with E-state index in [1.807, 2.05) is 0 Å². The molecule has 0 bridgehead atoms. The third kappa shape index (κ3) is 4.94. The van der Waals surface area contributed by atoms with Gasteiger partial charge in [0.1, 0.15) is 5.70 Å². The van der Waals surface area contributed by atoms with Crippen LogP contribution < -0.4 is 16.4 Å². The van der Waals surface area contributed by atoms with Crippen LogP contribution in [0.5, 0.6) is 0 Å². The molecule has 1 saturated heterocycles. The molecular formula is C10H18N5O5P. The Labute approximate surface area is 121 Å². The molecule has 2 amide bonds. The second kappa shape index (κ2) is 7.32. The van der Waals surface area contributed by atoms with Crippen LogP contribution >= 0.6 is 7.75 Å². The van der Waals surface area contributed by atoms with Gasteiger partial charge in [-0.25, -0.2) is 9.24 Å². The lowest BCUT2D eigenvalue weighted by Gasteiger charge is -2.32. The van der Waals surface area contributed by atoms with Gasteiger partial charge in [0, 0.05) is 25.3 Å². The normalized spacial score (nSPS) is 18.6. The molecule has 21 heavy (non-hydrogen) atoms. The summed E-state index contributed by atoms with van der Waals surface area (Å²) in [5.74, 6) is -0.641. The first-order valence-corrected chi connectivity index (χ1v) is 7.68. The zero-order valence-electron chi connectivity index (χ0n) is 11.2. The quantitative estimate of drug-likeness (QED) is 0.145. The number of nitrogens with two attached hydrogens (primary N) is 1. The van der Waals surface area contributed by atoms with E-state index in [-0.39, 0.29) is 30.5 Å². The molecule has 0 spiro atoms. The summed E-state index contributed by atoms with van der Waals surface area (Å²) in [5.41, 5.74) is 5.12. The summed E-state index contributed by atoms with van der Waals surface area (Å²) >= 11 is 0. The molecule has 0 aromatic rings. The highest BCUT2D eigenvalue weighted by Crippen LogP contribution is 2.41. The van der Waals surface area contributed by atoms with Crippen molar-refractivity contribution in [2.45, 2.75) is 18.9 Å². The van der Waals surface area contributed by atoms with Crippen molar-refractivity contribution in [3.05, 3.63) is 11.4 Å². The summed E-state index contributed by atoms with van der Waals surface area (Å²) in [6.07, 6.45) is 1.79. The molecule has 1 rings (SSSR count). The summed E-state index contributed by atoms with van der Waals surface area (Å²) in [7, 11) is -4.24. The highest BCUT2D eigenvalue weighted by atomic mass is 31.2. The first-order chi connectivity index (χ1) is 9.79. The van der Waals surface area contributed by atoms with Crippen LogP contribution in [0.4, 0.5) is 0 Å². The lowest BCUT2D eigenvalue weighted by molar-refractivity contribution is -0.118. The van der Waals surface area contributed by atoms with E-state index in [9.17, 15) is 14.2 Å². The van der Waals surface area contributed by atoms with Crippen molar-refractivity contribution in [1.82, 2.24) is 15.3 Å². The summed E-state index contributed by atoms with van der Waals surface area (Å²) in [5, 5.41) is 11.8. The van der Waals surface area contributed by atoms with Crippen molar-refractivity contribution in [3.8, 4) is 0 Å². The summed E-state index contributed by atoms with van der Waals surface area (Å²) < 4.78 is 12.1. The fourth-order valence-corrected chi connectivity index (χ4v) is 2.67. The molecule has 10 nitrogen and oxygen atoms in total. The smallest absolute Gasteiger partial charge is 0.393 e. The molecule has 11 heteroatoms. The average molecular weight is 319 g/mol. The van der Waals surface area contributed by atoms with Crippen molar-refractivity contribution >= 4 is 26.3 Å². The Morgan fingerprint density at radius 3 is 2.38 bits per heavy atom. The Kier molecular flexibility index (Phi) is 6.03. The van der Waals surface area contributed by atoms with Crippen LogP contribution in [0, 0.1) is 5.41 Å². The molecule has 1 heterocycles. The molecule has 0 saturated carbocycles. The van der Waals surface area contributed by atoms with Crippen molar-refractivity contribution in [1.29, 1.82) is 5.41 Å². The molecule has 1 fully saturated rings. The van der Waals surface area contributed by atoms with Crippen LogP contribution in [0.1, 0.15) is 12.8 Å².